The van der Waals surface area contributed by atoms with Gasteiger partial charge in [0.15, 0.2) is 0 Å². The molecule has 0 fully saturated rings. The quantitative estimate of drug-likeness (QED) is 0.296. The molecule has 3 rings (SSSR count). The summed E-state index contributed by atoms with van der Waals surface area (Å²) >= 11 is 6.29. The molecule has 0 aliphatic carbocycles. The van der Waals surface area contributed by atoms with Crippen LogP contribution >= 0.6 is 11.6 Å². The maximum atomic E-state index is 10.7. The Balaban J connectivity index is 1.63. The Morgan fingerprint density at radius 2 is 1.79 bits per heavy atom. The highest BCUT2D eigenvalue weighted by atomic mass is 35.5. The van der Waals surface area contributed by atoms with Gasteiger partial charge in [0.1, 0.15) is 18.1 Å². The first-order valence-electron chi connectivity index (χ1n) is 8.39. The minimum atomic E-state index is -0.437. The van der Waals surface area contributed by atoms with Gasteiger partial charge in [-0.3, -0.25) is 15.1 Å². The molecule has 0 aromatic heterocycles. The fourth-order valence-electron chi connectivity index (χ4n) is 2.41. The molecule has 0 amide bonds. The van der Waals surface area contributed by atoms with E-state index in [4.69, 9.17) is 21.1 Å². The Morgan fingerprint density at radius 3 is 2.39 bits per heavy atom. The topological polar surface area (TPSA) is 74.0 Å². The summed E-state index contributed by atoms with van der Waals surface area (Å²) in [6.07, 6.45) is 1.72. The van der Waals surface area contributed by atoms with E-state index in [0.717, 1.165) is 22.6 Å². The van der Waals surface area contributed by atoms with Gasteiger partial charge >= 0.3 is 0 Å². The van der Waals surface area contributed by atoms with Crippen molar-refractivity contribution in [3.8, 4) is 11.5 Å². The summed E-state index contributed by atoms with van der Waals surface area (Å²) in [6, 6.07) is 19.0. The average Bonchev–Trinajstić information content (AvgIpc) is 2.72. The smallest absolute Gasteiger partial charge is 0.269 e. The summed E-state index contributed by atoms with van der Waals surface area (Å²) in [7, 11) is 1.62. The fourth-order valence-corrected chi connectivity index (χ4v) is 2.65. The normalized spacial score (nSPS) is 10.8. The summed E-state index contributed by atoms with van der Waals surface area (Å²) in [5.74, 6) is 1.30. The van der Waals surface area contributed by atoms with Crippen LogP contribution in [0.25, 0.3) is 0 Å². The third kappa shape index (κ3) is 5.08. The van der Waals surface area contributed by atoms with Crippen molar-refractivity contribution in [1.29, 1.82) is 0 Å². The van der Waals surface area contributed by atoms with Crippen molar-refractivity contribution >= 4 is 29.2 Å². The molecule has 3 aromatic rings. The molecular formula is C21H17ClN2O4. The second kappa shape index (κ2) is 9.01. The van der Waals surface area contributed by atoms with E-state index >= 15 is 0 Å². The van der Waals surface area contributed by atoms with Gasteiger partial charge in [-0.05, 0) is 65.7 Å². The van der Waals surface area contributed by atoms with E-state index in [9.17, 15) is 10.1 Å². The van der Waals surface area contributed by atoms with Crippen molar-refractivity contribution in [1.82, 2.24) is 0 Å². The van der Waals surface area contributed by atoms with Crippen LogP contribution in [-0.4, -0.2) is 18.2 Å². The van der Waals surface area contributed by atoms with Gasteiger partial charge in [-0.15, -0.1) is 0 Å². The summed E-state index contributed by atoms with van der Waals surface area (Å²) < 4.78 is 10.8. The minimum absolute atomic E-state index is 0.0438. The number of ether oxygens (including phenoxy) is 2. The lowest BCUT2D eigenvalue weighted by Gasteiger charge is -2.08. The molecule has 0 saturated carbocycles. The number of nitrogens with zero attached hydrogens (tertiary/aromatic N) is 2. The average molecular weight is 397 g/mol. The standard InChI is InChI=1S/C21H17ClN2O4/c1-27-19-9-5-17(6-10-19)23-13-16-4-11-21(20(22)12-16)28-14-15-2-7-18(8-3-15)24(25)26/h2-13H,14H2,1H3. The van der Waals surface area contributed by atoms with E-state index in [1.165, 1.54) is 12.1 Å². The lowest BCUT2D eigenvalue weighted by atomic mass is 10.2. The third-order valence-electron chi connectivity index (χ3n) is 3.93. The van der Waals surface area contributed by atoms with Crippen LogP contribution in [0.5, 0.6) is 11.5 Å². The predicted molar refractivity (Wildman–Crippen MR) is 109 cm³/mol. The van der Waals surface area contributed by atoms with Gasteiger partial charge in [0.2, 0.25) is 0 Å². The molecule has 0 saturated heterocycles. The number of non-ortho nitro benzene ring substituents is 1. The van der Waals surface area contributed by atoms with Crippen LogP contribution in [0.2, 0.25) is 5.02 Å². The number of benzene rings is 3. The van der Waals surface area contributed by atoms with E-state index in [1.807, 2.05) is 30.3 Å². The van der Waals surface area contributed by atoms with Crippen molar-refractivity contribution in [3.63, 3.8) is 0 Å². The molecule has 0 heterocycles. The van der Waals surface area contributed by atoms with Crippen LogP contribution in [0.4, 0.5) is 11.4 Å². The number of aliphatic imine (C=N–C) groups is 1. The monoisotopic (exact) mass is 396 g/mol. The molecule has 0 bridgehead atoms. The SMILES string of the molecule is COc1ccc(N=Cc2ccc(OCc3ccc([N+](=O)[O-])cc3)c(Cl)c2)cc1. The van der Waals surface area contributed by atoms with E-state index in [-0.39, 0.29) is 12.3 Å². The number of rotatable bonds is 7. The maximum Gasteiger partial charge on any atom is 0.269 e. The molecule has 3 aromatic carbocycles. The van der Waals surface area contributed by atoms with Crippen molar-refractivity contribution in [2.24, 2.45) is 4.99 Å². The van der Waals surface area contributed by atoms with Crippen molar-refractivity contribution in [2.45, 2.75) is 6.61 Å². The zero-order valence-electron chi connectivity index (χ0n) is 15.0. The highest BCUT2D eigenvalue weighted by molar-refractivity contribution is 6.32. The van der Waals surface area contributed by atoms with E-state index in [2.05, 4.69) is 4.99 Å². The van der Waals surface area contributed by atoms with Crippen LogP contribution in [-0.2, 0) is 6.61 Å². The van der Waals surface area contributed by atoms with Gasteiger partial charge in [-0.1, -0.05) is 11.6 Å². The summed E-state index contributed by atoms with van der Waals surface area (Å²) in [5.41, 5.74) is 2.49. The molecule has 28 heavy (non-hydrogen) atoms. The summed E-state index contributed by atoms with van der Waals surface area (Å²) in [6.45, 7) is 0.261. The highest BCUT2D eigenvalue weighted by Crippen LogP contribution is 2.26. The number of halogens is 1. The first kappa shape index (κ1) is 19.4. The Labute approximate surface area is 167 Å². The van der Waals surface area contributed by atoms with Crippen LogP contribution in [0.1, 0.15) is 11.1 Å². The molecule has 0 spiro atoms. The zero-order chi connectivity index (χ0) is 19.9. The fraction of sp³-hybridized carbons (Fsp3) is 0.0952. The molecule has 6 nitrogen and oxygen atoms in total. The number of methoxy groups -OCH3 is 1. The van der Waals surface area contributed by atoms with Crippen LogP contribution < -0.4 is 9.47 Å². The molecule has 0 aliphatic heterocycles. The largest absolute Gasteiger partial charge is 0.497 e. The highest BCUT2D eigenvalue weighted by Gasteiger charge is 2.06. The van der Waals surface area contributed by atoms with Crippen molar-refractivity contribution in [2.75, 3.05) is 7.11 Å². The van der Waals surface area contributed by atoms with Crippen molar-refractivity contribution < 1.29 is 14.4 Å². The minimum Gasteiger partial charge on any atom is -0.497 e. The predicted octanol–water partition coefficient (Wildman–Crippen LogP) is 5.59. The van der Waals surface area contributed by atoms with Gasteiger partial charge in [0, 0.05) is 18.3 Å². The lowest BCUT2D eigenvalue weighted by Crippen LogP contribution is -1.97. The summed E-state index contributed by atoms with van der Waals surface area (Å²) in [5, 5.41) is 11.1. The van der Waals surface area contributed by atoms with E-state index in [0.29, 0.717) is 10.8 Å². The van der Waals surface area contributed by atoms with Crippen molar-refractivity contribution in [3.05, 3.63) is 93.0 Å². The lowest BCUT2D eigenvalue weighted by molar-refractivity contribution is -0.384. The Bertz CT molecular complexity index is 986. The second-order valence-electron chi connectivity index (χ2n) is 5.86. The van der Waals surface area contributed by atoms with Crippen LogP contribution in [0.15, 0.2) is 71.7 Å². The van der Waals surface area contributed by atoms with Crippen LogP contribution in [0.3, 0.4) is 0 Å². The maximum absolute atomic E-state index is 10.7. The molecule has 0 atom stereocenters. The van der Waals surface area contributed by atoms with E-state index < -0.39 is 4.92 Å². The molecule has 142 valence electrons. The molecule has 0 aliphatic rings. The Morgan fingerprint density at radius 1 is 1.07 bits per heavy atom. The Kier molecular flexibility index (Phi) is 6.24. The van der Waals surface area contributed by atoms with Gasteiger partial charge in [-0.25, -0.2) is 0 Å². The second-order valence-corrected chi connectivity index (χ2v) is 6.27. The molecule has 0 radical (unpaired) electrons. The first-order chi connectivity index (χ1) is 13.5. The number of hydrogen-bond acceptors (Lipinski definition) is 5. The summed E-state index contributed by atoms with van der Waals surface area (Å²) in [4.78, 5) is 14.6. The molecule has 0 unspecified atom stereocenters. The molecular weight excluding hydrogens is 380 g/mol. The molecule has 7 heteroatoms. The van der Waals surface area contributed by atoms with Gasteiger partial charge in [-0.2, -0.15) is 0 Å². The van der Waals surface area contributed by atoms with Gasteiger partial charge in [0.25, 0.3) is 5.69 Å². The number of hydrogen-bond donors (Lipinski definition) is 0. The van der Waals surface area contributed by atoms with Crippen LogP contribution in [0, 0.1) is 10.1 Å². The number of nitro groups is 1. The number of nitro benzene ring substituents is 1. The van der Waals surface area contributed by atoms with E-state index in [1.54, 1.807) is 37.6 Å². The molecule has 0 N–H and O–H groups in total. The Hall–Kier alpha value is -3.38. The van der Waals surface area contributed by atoms with Gasteiger partial charge < -0.3 is 9.47 Å². The third-order valence-corrected chi connectivity index (χ3v) is 4.23. The zero-order valence-corrected chi connectivity index (χ0v) is 15.8. The first-order valence-corrected chi connectivity index (χ1v) is 8.77. The van der Waals surface area contributed by atoms with Gasteiger partial charge in [0.05, 0.1) is 22.7 Å².